The molecular formula is C16H19F6NO2. The Balaban J connectivity index is 2.54. The number of hydrogen-bond acceptors (Lipinski definition) is 3. The van der Waals surface area contributed by atoms with E-state index in [4.69, 9.17) is 4.74 Å². The van der Waals surface area contributed by atoms with Crippen LogP contribution in [0.25, 0.3) is 0 Å². The lowest BCUT2D eigenvalue weighted by Gasteiger charge is -2.29. The van der Waals surface area contributed by atoms with Gasteiger partial charge in [0.25, 0.3) is 0 Å². The molecule has 1 saturated heterocycles. The van der Waals surface area contributed by atoms with Gasteiger partial charge < -0.3 is 9.84 Å². The van der Waals surface area contributed by atoms with E-state index in [9.17, 15) is 31.4 Å². The Morgan fingerprint density at radius 2 is 1.52 bits per heavy atom. The predicted octanol–water partition coefficient (Wildman–Crippen LogP) is 4.56. The van der Waals surface area contributed by atoms with Crippen LogP contribution in [0.15, 0.2) is 18.2 Å². The zero-order valence-corrected chi connectivity index (χ0v) is 13.8. The van der Waals surface area contributed by atoms with E-state index < -0.39 is 42.0 Å². The van der Waals surface area contributed by atoms with Crippen LogP contribution in [0, 0.1) is 0 Å². The van der Waals surface area contributed by atoms with E-state index in [0.29, 0.717) is 18.6 Å². The number of benzene rings is 1. The maximum absolute atomic E-state index is 13.0. The second kappa shape index (κ2) is 6.77. The number of aliphatic hydroxyl groups is 1. The quantitative estimate of drug-likeness (QED) is 0.791. The van der Waals surface area contributed by atoms with E-state index in [1.54, 1.807) is 20.8 Å². The molecule has 1 heterocycles. The molecule has 142 valence electrons. The fourth-order valence-corrected chi connectivity index (χ4v) is 3.12. The molecule has 1 aliphatic rings. The highest BCUT2D eigenvalue weighted by atomic mass is 19.4. The molecule has 0 radical (unpaired) electrons. The molecule has 1 N–H and O–H groups in total. The number of hydrogen-bond donors (Lipinski definition) is 1. The minimum Gasteiger partial charge on any atom is -0.356 e. The Labute approximate surface area is 141 Å². The van der Waals surface area contributed by atoms with Gasteiger partial charge >= 0.3 is 12.4 Å². The predicted molar refractivity (Wildman–Crippen MR) is 77.3 cm³/mol. The molecular weight excluding hydrogens is 352 g/mol. The van der Waals surface area contributed by atoms with Crippen molar-refractivity contribution in [2.75, 3.05) is 0 Å². The Morgan fingerprint density at radius 3 is 1.88 bits per heavy atom. The van der Waals surface area contributed by atoms with Gasteiger partial charge in [-0.15, -0.1) is 0 Å². The summed E-state index contributed by atoms with van der Waals surface area (Å²) in [5.74, 6) is 0. The van der Waals surface area contributed by atoms with Crippen LogP contribution in [0.3, 0.4) is 0 Å². The van der Waals surface area contributed by atoms with E-state index >= 15 is 0 Å². The summed E-state index contributed by atoms with van der Waals surface area (Å²) in [4.78, 5) is 1.53. The summed E-state index contributed by atoms with van der Waals surface area (Å²) >= 11 is 0. The van der Waals surface area contributed by atoms with Gasteiger partial charge in [0.05, 0.1) is 11.1 Å². The minimum absolute atomic E-state index is 0.0794. The van der Waals surface area contributed by atoms with Crippen molar-refractivity contribution >= 4 is 0 Å². The topological polar surface area (TPSA) is 32.7 Å². The number of rotatable bonds is 3. The number of alkyl halides is 6. The molecule has 9 heteroatoms. The zero-order chi connectivity index (χ0) is 19.2. The molecule has 1 fully saturated rings. The highest BCUT2D eigenvalue weighted by Gasteiger charge is 2.44. The van der Waals surface area contributed by atoms with E-state index in [1.165, 1.54) is 4.90 Å². The van der Waals surface area contributed by atoms with Crippen LogP contribution in [0.5, 0.6) is 0 Å². The molecule has 0 amide bonds. The lowest BCUT2D eigenvalue weighted by atomic mass is 9.95. The summed E-state index contributed by atoms with van der Waals surface area (Å²) in [6.07, 6.45) is -11.9. The first kappa shape index (κ1) is 20.0. The molecule has 0 aliphatic carbocycles. The second-order valence-corrected chi connectivity index (χ2v) is 6.24. The standard InChI is InChI=1S/C16H19F6NO2/c1-4-12-13(25-14(24)23(12)8(2)3)9-5-10(15(17,18)19)7-11(6-9)16(20,21)22/h5-8,12-14,24H,4H2,1-3H3/t12-,13+,14?/m0/s1. The average molecular weight is 371 g/mol. The molecule has 1 aromatic carbocycles. The molecule has 2 rings (SSSR count). The first-order valence-electron chi connectivity index (χ1n) is 7.76. The van der Waals surface area contributed by atoms with Crippen molar-refractivity contribution in [1.29, 1.82) is 0 Å². The van der Waals surface area contributed by atoms with Crippen molar-refractivity contribution in [2.24, 2.45) is 0 Å². The number of ether oxygens (including phenoxy) is 1. The van der Waals surface area contributed by atoms with Crippen molar-refractivity contribution in [1.82, 2.24) is 4.90 Å². The first-order chi connectivity index (χ1) is 11.4. The first-order valence-corrected chi connectivity index (χ1v) is 7.76. The molecule has 1 unspecified atom stereocenters. The molecule has 25 heavy (non-hydrogen) atoms. The third-order valence-electron chi connectivity index (χ3n) is 4.21. The molecule has 1 aromatic rings. The molecule has 0 saturated carbocycles. The van der Waals surface area contributed by atoms with Crippen LogP contribution in [-0.2, 0) is 17.1 Å². The van der Waals surface area contributed by atoms with E-state index in [1.807, 2.05) is 0 Å². The van der Waals surface area contributed by atoms with Gasteiger partial charge in [0.1, 0.15) is 6.10 Å². The lowest BCUT2D eigenvalue weighted by molar-refractivity contribution is -0.159. The van der Waals surface area contributed by atoms with Gasteiger partial charge in [-0.3, -0.25) is 0 Å². The molecule has 1 aliphatic heterocycles. The third kappa shape index (κ3) is 4.09. The van der Waals surface area contributed by atoms with Crippen LogP contribution >= 0.6 is 0 Å². The van der Waals surface area contributed by atoms with E-state index in [0.717, 1.165) is 0 Å². The van der Waals surface area contributed by atoms with Crippen LogP contribution in [0.2, 0.25) is 0 Å². The van der Waals surface area contributed by atoms with Crippen molar-refractivity contribution in [3.8, 4) is 0 Å². The maximum atomic E-state index is 13.0. The number of halogens is 6. The normalized spacial score (nSPS) is 25.8. The smallest absolute Gasteiger partial charge is 0.356 e. The molecule has 3 atom stereocenters. The third-order valence-corrected chi connectivity index (χ3v) is 4.21. The van der Waals surface area contributed by atoms with Crippen molar-refractivity contribution < 1.29 is 36.2 Å². The maximum Gasteiger partial charge on any atom is 0.416 e. The summed E-state index contributed by atoms with van der Waals surface area (Å²) in [6, 6.07) is 0.645. The fourth-order valence-electron chi connectivity index (χ4n) is 3.12. The van der Waals surface area contributed by atoms with E-state index in [2.05, 4.69) is 0 Å². The van der Waals surface area contributed by atoms with Gasteiger partial charge in [-0.05, 0) is 44.0 Å². The summed E-state index contributed by atoms with van der Waals surface area (Å²) in [5.41, 5.74) is -3.04. The van der Waals surface area contributed by atoms with Crippen LogP contribution < -0.4 is 0 Å². The van der Waals surface area contributed by atoms with Crippen LogP contribution in [0.4, 0.5) is 26.3 Å². The Bertz CT molecular complexity index is 581. The molecule has 0 bridgehead atoms. The van der Waals surface area contributed by atoms with Gasteiger partial charge in [0.2, 0.25) is 6.41 Å². The average Bonchev–Trinajstić information content (AvgIpc) is 2.81. The minimum atomic E-state index is -4.92. The summed E-state index contributed by atoms with van der Waals surface area (Å²) in [7, 11) is 0. The fraction of sp³-hybridized carbons (Fsp3) is 0.625. The molecule has 3 nitrogen and oxygen atoms in total. The summed E-state index contributed by atoms with van der Waals surface area (Å²) in [6.45, 7) is 5.24. The van der Waals surface area contributed by atoms with Gasteiger partial charge in [0, 0.05) is 12.1 Å². The van der Waals surface area contributed by atoms with Crippen LogP contribution in [-0.4, -0.2) is 28.5 Å². The second-order valence-electron chi connectivity index (χ2n) is 6.24. The SMILES string of the molecule is CC[C@H]1[C@@H](c2cc(C(F)(F)F)cc(C(F)(F)F)c2)OC(O)N1C(C)C. The van der Waals surface area contributed by atoms with Crippen molar-refractivity contribution in [3.05, 3.63) is 34.9 Å². The lowest BCUT2D eigenvalue weighted by Crippen LogP contribution is -2.42. The Hall–Kier alpha value is -1.32. The van der Waals surface area contributed by atoms with Gasteiger partial charge in [-0.2, -0.15) is 26.3 Å². The summed E-state index contributed by atoms with van der Waals surface area (Å²) in [5, 5.41) is 10.0. The Kier molecular flexibility index (Phi) is 5.42. The zero-order valence-electron chi connectivity index (χ0n) is 13.8. The number of aliphatic hydroxyl groups excluding tert-OH is 1. The van der Waals surface area contributed by atoms with Crippen molar-refractivity contribution in [3.63, 3.8) is 0 Å². The largest absolute Gasteiger partial charge is 0.416 e. The highest BCUT2D eigenvalue weighted by molar-refractivity contribution is 5.35. The number of nitrogens with zero attached hydrogens (tertiary/aromatic N) is 1. The van der Waals surface area contributed by atoms with Gasteiger partial charge in [-0.1, -0.05) is 6.92 Å². The molecule has 0 spiro atoms. The van der Waals surface area contributed by atoms with Crippen molar-refractivity contribution in [2.45, 2.75) is 64.1 Å². The van der Waals surface area contributed by atoms with Crippen LogP contribution in [0.1, 0.15) is 50.0 Å². The monoisotopic (exact) mass is 371 g/mol. The van der Waals surface area contributed by atoms with Gasteiger partial charge in [-0.25, -0.2) is 4.90 Å². The van der Waals surface area contributed by atoms with Gasteiger partial charge in [0.15, 0.2) is 0 Å². The van der Waals surface area contributed by atoms with E-state index in [-0.39, 0.29) is 17.7 Å². The molecule has 0 aromatic heterocycles. The Morgan fingerprint density at radius 1 is 1.04 bits per heavy atom. The summed E-state index contributed by atoms with van der Waals surface area (Å²) < 4.78 is 83.4. The highest BCUT2D eigenvalue weighted by Crippen LogP contribution is 2.42.